The summed E-state index contributed by atoms with van der Waals surface area (Å²) in [6.07, 6.45) is 1.51. The van der Waals surface area contributed by atoms with Crippen molar-refractivity contribution in [3.8, 4) is 5.75 Å². The topological polar surface area (TPSA) is 77.2 Å². The van der Waals surface area contributed by atoms with E-state index in [-0.39, 0.29) is 5.69 Å². The average Bonchev–Trinajstić information content (AvgIpc) is 2.24. The zero-order chi connectivity index (χ0) is 12.0. The van der Waals surface area contributed by atoms with Crippen molar-refractivity contribution in [2.75, 3.05) is 13.2 Å². The van der Waals surface area contributed by atoms with E-state index in [4.69, 9.17) is 10.5 Å². The molecule has 0 saturated carbocycles. The number of hydrogen-bond donors (Lipinski definition) is 2. The molecule has 0 radical (unpaired) electrons. The third kappa shape index (κ3) is 4.27. The third-order valence-corrected chi connectivity index (χ3v) is 1.91. The molecule has 1 amide bonds. The van der Waals surface area contributed by atoms with E-state index in [2.05, 4.69) is 24.1 Å². The molecule has 0 aliphatic heterocycles. The lowest BCUT2D eigenvalue weighted by Crippen LogP contribution is -2.27. The van der Waals surface area contributed by atoms with Gasteiger partial charge in [0.25, 0.3) is 5.91 Å². The fourth-order valence-corrected chi connectivity index (χ4v) is 1.15. The predicted molar refractivity (Wildman–Crippen MR) is 61.4 cm³/mol. The molecule has 0 aromatic carbocycles. The maximum Gasteiger partial charge on any atom is 0.267 e. The molecule has 5 heteroatoms. The number of amides is 1. The summed E-state index contributed by atoms with van der Waals surface area (Å²) in [5.41, 5.74) is 5.32. The van der Waals surface area contributed by atoms with Gasteiger partial charge in [-0.2, -0.15) is 0 Å². The summed E-state index contributed by atoms with van der Waals surface area (Å²) in [6.45, 7) is 5.43. The van der Waals surface area contributed by atoms with Gasteiger partial charge in [0, 0.05) is 24.8 Å². The number of carbonyl (C=O) groups is 1. The fourth-order valence-electron chi connectivity index (χ4n) is 1.15. The van der Waals surface area contributed by atoms with Crippen molar-refractivity contribution in [3.63, 3.8) is 0 Å². The van der Waals surface area contributed by atoms with E-state index in [1.54, 1.807) is 6.07 Å². The van der Waals surface area contributed by atoms with E-state index in [0.717, 1.165) is 6.54 Å². The number of nitrogens with two attached hydrogens (primary N) is 1. The first-order valence-corrected chi connectivity index (χ1v) is 5.21. The Morgan fingerprint density at radius 3 is 3.00 bits per heavy atom. The molecule has 1 aromatic rings. The highest BCUT2D eigenvalue weighted by molar-refractivity contribution is 5.91. The molecular formula is C11H17N3O2. The second kappa shape index (κ2) is 6.07. The number of ether oxygens (including phenoxy) is 1. The Morgan fingerprint density at radius 1 is 1.62 bits per heavy atom. The van der Waals surface area contributed by atoms with Crippen LogP contribution in [0.25, 0.3) is 0 Å². The summed E-state index contributed by atoms with van der Waals surface area (Å²) >= 11 is 0. The SMILES string of the molecule is CC(C)NCCOc1ccnc(C(N)=O)c1. The Bertz CT molecular complexity index is 353. The van der Waals surface area contributed by atoms with E-state index in [1.165, 1.54) is 12.3 Å². The first-order valence-electron chi connectivity index (χ1n) is 5.21. The number of rotatable bonds is 6. The zero-order valence-electron chi connectivity index (χ0n) is 9.56. The van der Waals surface area contributed by atoms with Gasteiger partial charge < -0.3 is 15.8 Å². The van der Waals surface area contributed by atoms with Gasteiger partial charge in [0.15, 0.2) is 0 Å². The number of nitrogens with zero attached hydrogens (tertiary/aromatic N) is 1. The van der Waals surface area contributed by atoms with Gasteiger partial charge in [-0.3, -0.25) is 9.78 Å². The molecule has 0 fully saturated rings. The lowest BCUT2D eigenvalue weighted by molar-refractivity contribution is 0.0995. The van der Waals surface area contributed by atoms with Gasteiger partial charge in [-0.1, -0.05) is 13.8 Å². The molecule has 88 valence electrons. The van der Waals surface area contributed by atoms with Crippen LogP contribution in [0.1, 0.15) is 24.3 Å². The molecule has 3 N–H and O–H groups in total. The Kier molecular flexibility index (Phi) is 4.72. The maximum atomic E-state index is 10.9. The van der Waals surface area contributed by atoms with E-state index in [0.29, 0.717) is 18.4 Å². The van der Waals surface area contributed by atoms with Crippen molar-refractivity contribution in [2.24, 2.45) is 5.73 Å². The van der Waals surface area contributed by atoms with E-state index in [1.807, 2.05) is 0 Å². The van der Waals surface area contributed by atoms with Crippen molar-refractivity contribution in [3.05, 3.63) is 24.0 Å². The minimum absolute atomic E-state index is 0.217. The van der Waals surface area contributed by atoms with Crippen molar-refractivity contribution in [2.45, 2.75) is 19.9 Å². The van der Waals surface area contributed by atoms with E-state index >= 15 is 0 Å². The smallest absolute Gasteiger partial charge is 0.267 e. The lowest BCUT2D eigenvalue weighted by Gasteiger charge is -2.09. The van der Waals surface area contributed by atoms with Crippen LogP contribution < -0.4 is 15.8 Å². The number of pyridine rings is 1. The number of hydrogen-bond acceptors (Lipinski definition) is 4. The van der Waals surface area contributed by atoms with Crippen LogP contribution >= 0.6 is 0 Å². The molecule has 1 rings (SSSR count). The molecule has 0 unspecified atom stereocenters. The van der Waals surface area contributed by atoms with Gasteiger partial charge in [-0.15, -0.1) is 0 Å². The second-order valence-electron chi connectivity index (χ2n) is 3.70. The first kappa shape index (κ1) is 12.4. The normalized spacial score (nSPS) is 10.4. The molecule has 0 bridgehead atoms. The van der Waals surface area contributed by atoms with Crippen molar-refractivity contribution < 1.29 is 9.53 Å². The molecule has 0 saturated heterocycles. The molecule has 16 heavy (non-hydrogen) atoms. The second-order valence-corrected chi connectivity index (χ2v) is 3.70. The van der Waals surface area contributed by atoms with E-state index in [9.17, 15) is 4.79 Å². The van der Waals surface area contributed by atoms with Crippen LogP contribution in [0.15, 0.2) is 18.3 Å². The predicted octanol–water partition coefficient (Wildman–Crippen LogP) is 0.557. The number of aromatic nitrogens is 1. The monoisotopic (exact) mass is 223 g/mol. The number of carbonyl (C=O) groups excluding carboxylic acids is 1. The Labute approximate surface area is 95.0 Å². The quantitative estimate of drug-likeness (QED) is 0.691. The molecule has 0 spiro atoms. The maximum absolute atomic E-state index is 10.9. The number of nitrogens with one attached hydrogen (secondary N) is 1. The highest BCUT2D eigenvalue weighted by Gasteiger charge is 2.03. The van der Waals surface area contributed by atoms with Crippen LogP contribution in [-0.4, -0.2) is 30.1 Å². The zero-order valence-corrected chi connectivity index (χ0v) is 9.56. The summed E-state index contributed by atoms with van der Waals surface area (Å²) < 4.78 is 5.44. The molecule has 0 atom stereocenters. The Hall–Kier alpha value is -1.62. The van der Waals surface area contributed by atoms with Crippen LogP contribution in [0.3, 0.4) is 0 Å². The highest BCUT2D eigenvalue weighted by atomic mass is 16.5. The highest BCUT2D eigenvalue weighted by Crippen LogP contribution is 2.09. The average molecular weight is 223 g/mol. The summed E-state index contributed by atoms with van der Waals surface area (Å²) in [4.78, 5) is 14.7. The molecule has 0 aliphatic carbocycles. The van der Waals surface area contributed by atoms with E-state index < -0.39 is 5.91 Å². The van der Waals surface area contributed by atoms with Crippen LogP contribution in [0, 0.1) is 0 Å². The van der Waals surface area contributed by atoms with Gasteiger partial charge in [-0.25, -0.2) is 0 Å². The summed E-state index contributed by atoms with van der Waals surface area (Å²) in [5.74, 6) is 0.0557. The van der Waals surface area contributed by atoms with Crippen LogP contribution in [-0.2, 0) is 0 Å². The minimum atomic E-state index is -0.550. The van der Waals surface area contributed by atoms with Crippen molar-refractivity contribution in [1.82, 2.24) is 10.3 Å². The Morgan fingerprint density at radius 2 is 2.38 bits per heavy atom. The minimum Gasteiger partial charge on any atom is -0.492 e. The van der Waals surface area contributed by atoms with Crippen molar-refractivity contribution >= 4 is 5.91 Å². The molecular weight excluding hydrogens is 206 g/mol. The largest absolute Gasteiger partial charge is 0.492 e. The summed E-state index contributed by atoms with van der Waals surface area (Å²) in [5, 5.41) is 3.22. The van der Waals surface area contributed by atoms with Gasteiger partial charge in [0.05, 0.1) is 0 Å². The third-order valence-electron chi connectivity index (χ3n) is 1.91. The summed E-state index contributed by atoms with van der Waals surface area (Å²) in [7, 11) is 0. The van der Waals surface area contributed by atoms with Crippen LogP contribution in [0.5, 0.6) is 5.75 Å². The fraction of sp³-hybridized carbons (Fsp3) is 0.455. The molecule has 1 heterocycles. The Balaban J connectivity index is 2.42. The van der Waals surface area contributed by atoms with Gasteiger partial charge in [-0.05, 0) is 6.07 Å². The molecule has 0 aliphatic rings. The first-order chi connectivity index (χ1) is 7.59. The lowest BCUT2D eigenvalue weighted by atomic mass is 10.3. The number of primary amides is 1. The summed E-state index contributed by atoms with van der Waals surface area (Å²) in [6, 6.07) is 3.67. The van der Waals surface area contributed by atoms with Gasteiger partial charge >= 0.3 is 0 Å². The van der Waals surface area contributed by atoms with Gasteiger partial charge in [0.1, 0.15) is 18.1 Å². The van der Waals surface area contributed by atoms with Crippen LogP contribution in [0.4, 0.5) is 0 Å². The molecule has 5 nitrogen and oxygen atoms in total. The van der Waals surface area contributed by atoms with Gasteiger partial charge in [0.2, 0.25) is 0 Å². The standard InChI is InChI=1S/C11H17N3O2/c1-8(2)13-5-6-16-9-3-4-14-10(7-9)11(12)15/h3-4,7-8,13H,5-6H2,1-2H3,(H2,12,15). The van der Waals surface area contributed by atoms with Crippen molar-refractivity contribution in [1.29, 1.82) is 0 Å². The molecule has 1 aromatic heterocycles. The van der Waals surface area contributed by atoms with Crippen LogP contribution in [0.2, 0.25) is 0 Å².